The molecule has 4 aliphatic rings. The number of methoxy groups -OCH3 is 1. The van der Waals surface area contributed by atoms with Gasteiger partial charge in [-0.3, -0.25) is 4.79 Å². The molecule has 1 aromatic rings. The first-order valence-electron chi connectivity index (χ1n) is 9.16. The van der Waals surface area contributed by atoms with Crippen LogP contribution in [-0.2, 0) is 9.53 Å². The monoisotopic (exact) mass is 342 g/mol. The molecular formula is C20H26N2O3. The predicted molar refractivity (Wildman–Crippen MR) is 95.2 cm³/mol. The molecule has 4 bridgehead atoms. The highest BCUT2D eigenvalue weighted by Crippen LogP contribution is 2.62. The third-order valence-electron chi connectivity index (χ3n) is 6.33. The first-order valence-corrected chi connectivity index (χ1v) is 9.16. The lowest BCUT2D eigenvalue weighted by Crippen LogP contribution is -2.65. The molecule has 4 aliphatic carbocycles. The average molecular weight is 342 g/mol. The fourth-order valence-electron chi connectivity index (χ4n) is 5.99. The van der Waals surface area contributed by atoms with Gasteiger partial charge in [0.2, 0.25) is 0 Å². The first kappa shape index (κ1) is 16.4. The maximum absolute atomic E-state index is 12.6. The molecule has 0 spiro atoms. The fourth-order valence-corrected chi connectivity index (χ4v) is 5.99. The van der Waals surface area contributed by atoms with Crippen molar-refractivity contribution in [3.05, 3.63) is 29.8 Å². The van der Waals surface area contributed by atoms with Gasteiger partial charge in [0.15, 0.2) is 0 Å². The Hall–Kier alpha value is -2.04. The summed E-state index contributed by atoms with van der Waals surface area (Å²) in [6.07, 6.45) is 5.67. The summed E-state index contributed by atoms with van der Waals surface area (Å²) in [6, 6.07) is 7.61. The Morgan fingerprint density at radius 2 is 1.88 bits per heavy atom. The van der Waals surface area contributed by atoms with E-state index in [0.29, 0.717) is 18.3 Å². The SMILES string of the molecule is COC(=O)C12CC3CC(CC(NC(=O)Nc4cccc(C)c4)(C3)C1)C2. The Morgan fingerprint density at radius 1 is 1.16 bits per heavy atom. The van der Waals surface area contributed by atoms with Crippen LogP contribution in [0.15, 0.2) is 24.3 Å². The normalized spacial score (nSPS) is 35.3. The van der Waals surface area contributed by atoms with Gasteiger partial charge in [0.25, 0.3) is 0 Å². The number of carbonyl (C=O) groups excluding carboxylic acids is 2. The molecule has 0 heterocycles. The fraction of sp³-hybridized carbons (Fsp3) is 0.600. The van der Waals surface area contributed by atoms with Crippen molar-refractivity contribution in [2.75, 3.05) is 12.4 Å². The van der Waals surface area contributed by atoms with Gasteiger partial charge in [0, 0.05) is 11.2 Å². The summed E-state index contributed by atoms with van der Waals surface area (Å²) in [4.78, 5) is 25.1. The predicted octanol–water partition coefficient (Wildman–Crippen LogP) is 3.63. The van der Waals surface area contributed by atoms with Crippen molar-refractivity contribution in [1.82, 2.24) is 5.32 Å². The molecule has 134 valence electrons. The van der Waals surface area contributed by atoms with Crippen molar-refractivity contribution in [2.45, 2.75) is 51.0 Å². The van der Waals surface area contributed by atoms with E-state index in [4.69, 9.17) is 4.74 Å². The molecule has 1 aromatic carbocycles. The zero-order valence-corrected chi connectivity index (χ0v) is 14.9. The molecule has 5 rings (SSSR count). The van der Waals surface area contributed by atoms with Crippen molar-refractivity contribution < 1.29 is 14.3 Å². The molecule has 4 fully saturated rings. The number of urea groups is 1. The quantitative estimate of drug-likeness (QED) is 0.824. The molecule has 4 saturated carbocycles. The molecule has 2 unspecified atom stereocenters. The van der Waals surface area contributed by atoms with Crippen LogP contribution in [0.25, 0.3) is 0 Å². The Kier molecular flexibility index (Phi) is 3.78. The minimum absolute atomic E-state index is 0.0909. The Morgan fingerprint density at radius 3 is 2.52 bits per heavy atom. The van der Waals surface area contributed by atoms with Crippen LogP contribution in [0.2, 0.25) is 0 Å². The smallest absolute Gasteiger partial charge is 0.319 e. The number of ether oxygens (including phenoxy) is 1. The van der Waals surface area contributed by atoms with Crippen molar-refractivity contribution in [3.63, 3.8) is 0 Å². The van der Waals surface area contributed by atoms with E-state index in [0.717, 1.165) is 36.9 Å². The van der Waals surface area contributed by atoms with E-state index in [1.807, 2.05) is 31.2 Å². The summed E-state index contributed by atoms with van der Waals surface area (Å²) >= 11 is 0. The van der Waals surface area contributed by atoms with E-state index in [1.54, 1.807) is 0 Å². The van der Waals surface area contributed by atoms with Gasteiger partial charge in [-0.15, -0.1) is 0 Å². The minimum atomic E-state index is -0.393. The van der Waals surface area contributed by atoms with E-state index in [9.17, 15) is 9.59 Å². The number of benzene rings is 1. The van der Waals surface area contributed by atoms with Gasteiger partial charge in [-0.2, -0.15) is 0 Å². The highest BCUT2D eigenvalue weighted by atomic mass is 16.5. The van der Waals surface area contributed by atoms with Crippen LogP contribution in [0.4, 0.5) is 10.5 Å². The number of amides is 2. The highest BCUT2D eigenvalue weighted by Gasteiger charge is 2.61. The maximum Gasteiger partial charge on any atom is 0.319 e. The molecule has 0 aromatic heterocycles. The molecule has 0 radical (unpaired) electrons. The summed E-state index contributed by atoms with van der Waals surface area (Å²) < 4.78 is 5.13. The zero-order valence-electron chi connectivity index (χ0n) is 14.9. The third-order valence-corrected chi connectivity index (χ3v) is 6.33. The molecule has 2 atom stereocenters. The number of anilines is 1. The van der Waals surface area contributed by atoms with Crippen LogP contribution < -0.4 is 10.6 Å². The lowest BCUT2D eigenvalue weighted by atomic mass is 9.47. The van der Waals surface area contributed by atoms with Crippen molar-refractivity contribution >= 4 is 17.7 Å². The second kappa shape index (κ2) is 5.75. The van der Waals surface area contributed by atoms with Crippen molar-refractivity contribution in [3.8, 4) is 0 Å². The lowest BCUT2D eigenvalue weighted by Gasteiger charge is -2.60. The van der Waals surface area contributed by atoms with Crippen LogP contribution in [0.1, 0.15) is 44.1 Å². The minimum Gasteiger partial charge on any atom is -0.469 e. The van der Waals surface area contributed by atoms with E-state index in [-0.39, 0.29) is 17.5 Å². The Labute approximate surface area is 148 Å². The standard InChI is InChI=1S/C20H26N2O3/c1-13-4-3-5-16(6-13)21-18(24)22-20-10-14-7-15(11-20)9-19(8-14,12-20)17(23)25-2/h3-6,14-15H,7-12H2,1-2H3,(H2,21,22,24). The third kappa shape index (κ3) is 2.90. The second-order valence-electron chi connectivity index (χ2n) is 8.46. The van der Waals surface area contributed by atoms with Gasteiger partial charge >= 0.3 is 12.0 Å². The molecule has 5 nitrogen and oxygen atoms in total. The van der Waals surface area contributed by atoms with Gasteiger partial charge in [-0.25, -0.2) is 4.79 Å². The van der Waals surface area contributed by atoms with Gasteiger partial charge in [0.1, 0.15) is 0 Å². The molecule has 0 aliphatic heterocycles. The number of aryl methyl sites for hydroxylation is 1. The number of nitrogens with one attached hydrogen (secondary N) is 2. The summed E-state index contributed by atoms with van der Waals surface area (Å²) in [7, 11) is 1.48. The van der Waals surface area contributed by atoms with E-state index < -0.39 is 5.41 Å². The number of hydrogen-bond acceptors (Lipinski definition) is 3. The summed E-state index contributed by atoms with van der Waals surface area (Å²) in [5.74, 6) is 0.936. The number of rotatable bonds is 3. The van der Waals surface area contributed by atoms with E-state index >= 15 is 0 Å². The van der Waals surface area contributed by atoms with Crippen LogP contribution >= 0.6 is 0 Å². The zero-order chi connectivity index (χ0) is 17.7. The molecule has 0 saturated heterocycles. The van der Waals surface area contributed by atoms with Gasteiger partial charge in [-0.1, -0.05) is 12.1 Å². The average Bonchev–Trinajstić information content (AvgIpc) is 2.52. The molecule has 25 heavy (non-hydrogen) atoms. The summed E-state index contributed by atoms with van der Waals surface area (Å²) in [5.41, 5.74) is 1.24. The first-order chi connectivity index (χ1) is 11.9. The molecular weight excluding hydrogens is 316 g/mol. The maximum atomic E-state index is 12.6. The highest BCUT2D eigenvalue weighted by molar-refractivity contribution is 5.90. The van der Waals surface area contributed by atoms with Gasteiger partial charge in [-0.05, 0) is 75.0 Å². The van der Waals surface area contributed by atoms with E-state index in [2.05, 4.69) is 10.6 Å². The van der Waals surface area contributed by atoms with Gasteiger partial charge in [0.05, 0.1) is 12.5 Å². The summed E-state index contributed by atoms with van der Waals surface area (Å²) in [5, 5.41) is 6.19. The topological polar surface area (TPSA) is 67.4 Å². The van der Waals surface area contributed by atoms with Crippen LogP contribution in [0.5, 0.6) is 0 Å². The molecule has 2 amide bonds. The van der Waals surface area contributed by atoms with Crippen molar-refractivity contribution in [1.29, 1.82) is 0 Å². The lowest BCUT2D eigenvalue weighted by molar-refractivity contribution is -0.171. The summed E-state index contributed by atoms with van der Waals surface area (Å²) in [6.45, 7) is 2.00. The Balaban J connectivity index is 1.51. The number of carbonyl (C=O) groups is 2. The molecule has 2 N–H and O–H groups in total. The van der Waals surface area contributed by atoms with Crippen LogP contribution in [0, 0.1) is 24.2 Å². The number of esters is 1. The van der Waals surface area contributed by atoms with Crippen molar-refractivity contribution in [2.24, 2.45) is 17.3 Å². The van der Waals surface area contributed by atoms with E-state index in [1.165, 1.54) is 13.5 Å². The Bertz CT molecular complexity index is 701. The van der Waals surface area contributed by atoms with Gasteiger partial charge < -0.3 is 15.4 Å². The second-order valence-corrected chi connectivity index (χ2v) is 8.46. The molecule has 5 heteroatoms. The number of hydrogen-bond donors (Lipinski definition) is 2. The van der Waals surface area contributed by atoms with Crippen LogP contribution in [0.3, 0.4) is 0 Å². The van der Waals surface area contributed by atoms with Crippen LogP contribution in [-0.4, -0.2) is 24.6 Å². The largest absolute Gasteiger partial charge is 0.469 e.